The summed E-state index contributed by atoms with van der Waals surface area (Å²) in [6, 6.07) is 10.9. The summed E-state index contributed by atoms with van der Waals surface area (Å²) >= 11 is 6.46. The molecule has 0 saturated heterocycles. The van der Waals surface area contributed by atoms with Crippen LogP contribution in [0.15, 0.2) is 61.3 Å². The molecule has 0 spiro atoms. The van der Waals surface area contributed by atoms with E-state index in [1.807, 2.05) is 26.0 Å². The number of halogens is 1. The average molecular weight is 547 g/mol. The van der Waals surface area contributed by atoms with Gasteiger partial charge in [-0.1, -0.05) is 24.3 Å². The van der Waals surface area contributed by atoms with Crippen LogP contribution in [0.3, 0.4) is 0 Å². The Morgan fingerprint density at radius 3 is 2.67 bits per heavy atom. The van der Waals surface area contributed by atoms with Crippen molar-refractivity contribution in [2.24, 2.45) is 0 Å². The van der Waals surface area contributed by atoms with Crippen molar-refractivity contribution < 1.29 is 19.1 Å². The predicted molar refractivity (Wildman–Crippen MR) is 154 cm³/mol. The fourth-order valence-corrected chi connectivity index (χ4v) is 4.66. The van der Waals surface area contributed by atoms with Gasteiger partial charge in [0.05, 0.1) is 22.3 Å². The molecule has 5 rings (SSSR count). The summed E-state index contributed by atoms with van der Waals surface area (Å²) in [6.07, 6.45) is 7.76. The van der Waals surface area contributed by atoms with E-state index in [1.165, 1.54) is 6.08 Å². The molecule has 0 radical (unpaired) electrons. The van der Waals surface area contributed by atoms with Gasteiger partial charge in [-0.05, 0) is 69.0 Å². The number of rotatable bonds is 8. The lowest BCUT2D eigenvalue weighted by Crippen LogP contribution is -2.33. The van der Waals surface area contributed by atoms with Gasteiger partial charge in [-0.15, -0.1) is 0 Å². The van der Waals surface area contributed by atoms with Crippen LogP contribution in [0.2, 0.25) is 5.02 Å². The van der Waals surface area contributed by atoms with Gasteiger partial charge in [-0.25, -0.2) is 4.79 Å². The number of hydrogen-bond acceptors (Lipinski definition) is 5. The SMILES string of the molecule is C=CC(=O)N1CC=C(c2cc3c(Oc4ccc(NC(=O)NC5CC5)c(Cl)c4)ccnc3cc2OC(C)C)CC1. The highest BCUT2D eigenvalue weighted by Gasteiger charge is 2.24. The Balaban J connectivity index is 1.44. The highest BCUT2D eigenvalue weighted by Crippen LogP contribution is 2.39. The zero-order valence-electron chi connectivity index (χ0n) is 22.0. The van der Waals surface area contributed by atoms with Gasteiger partial charge in [0, 0.05) is 48.4 Å². The molecule has 2 heterocycles. The molecule has 3 aromatic rings. The van der Waals surface area contributed by atoms with Gasteiger partial charge in [0.15, 0.2) is 0 Å². The van der Waals surface area contributed by atoms with E-state index in [2.05, 4.69) is 28.3 Å². The first-order valence-electron chi connectivity index (χ1n) is 13.1. The third-order valence-corrected chi connectivity index (χ3v) is 6.85. The molecule has 1 aliphatic carbocycles. The molecule has 39 heavy (non-hydrogen) atoms. The molecule has 0 bridgehead atoms. The number of carbonyl (C=O) groups is 2. The third-order valence-electron chi connectivity index (χ3n) is 6.54. The van der Waals surface area contributed by atoms with E-state index < -0.39 is 0 Å². The Morgan fingerprint density at radius 2 is 2.00 bits per heavy atom. The first-order valence-corrected chi connectivity index (χ1v) is 13.4. The van der Waals surface area contributed by atoms with Crippen molar-refractivity contribution in [3.05, 3.63) is 71.9 Å². The number of amides is 3. The Kier molecular flexibility index (Phi) is 7.74. The maximum atomic E-state index is 12.1. The monoisotopic (exact) mass is 546 g/mol. The summed E-state index contributed by atoms with van der Waals surface area (Å²) in [5.74, 6) is 1.80. The second-order valence-corrected chi connectivity index (χ2v) is 10.3. The number of anilines is 1. The Bertz CT molecular complexity index is 1460. The van der Waals surface area contributed by atoms with Gasteiger partial charge in [-0.3, -0.25) is 9.78 Å². The number of benzene rings is 2. The van der Waals surface area contributed by atoms with E-state index in [4.69, 9.17) is 21.1 Å². The molecule has 1 saturated carbocycles. The maximum absolute atomic E-state index is 12.1. The number of pyridine rings is 1. The van der Waals surface area contributed by atoms with E-state index >= 15 is 0 Å². The van der Waals surface area contributed by atoms with E-state index in [-0.39, 0.29) is 24.1 Å². The van der Waals surface area contributed by atoms with Gasteiger partial charge >= 0.3 is 6.03 Å². The first-order chi connectivity index (χ1) is 18.8. The largest absolute Gasteiger partial charge is 0.490 e. The van der Waals surface area contributed by atoms with Crippen molar-refractivity contribution in [2.45, 2.75) is 45.3 Å². The van der Waals surface area contributed by atoms with Crippen LogP contribution in [0.4, 0.5) is 10.5 Å². The topological polar surface area (TPSA) is 92.8 Å². The molecule has 2 aromatic carbocycles. The molecule has 9 heteroatoms. The first kappa shape index (κ1) is 26.6. The Hall–Kier alpha value is -4.04. The third kappa shape index (κ3) is 6.34. The van der Waals surface area contributed by atoms with Crippen molar-refractivity contribution in [2.75, 3.05) is 18.4 Å². The number of carbonyl (C=O) groups excluding carboxylic acids is 2. The van der Waals surface area contributed by atoms with Crippen molar-refractivity contribution in [1.82, 2.24) is 15.2 Å². The van der Waals surface area contributed by atoms with Gasteiger partial charge in [-0.2, -0.15) is 0 Å². The minimum absolute atomic E-state index is 0.0238. The van der Waals surface area contributed by atoms with Gasteiger partial charge in [0.1, 0.15) is 17.2 Å². The van der Waals surface area contributed by atoms with Crippen LogP contribution in [0.1, 0.15) is 38.7 Å². The van der Waals surface area contributed by atoms with Crippen LogP contribution in [0.5, 0.6) is 17.2 Å². The molecule has 0 atom stereocenters. The Labute approximate surface area is 232 Å². The van der Waals surface area contributed by atoms with Crippen LogP contribution >= 0.6 is 11.6 Å². The number of nitrogens with one attached hydrogen (secondary N) is 2. The molecule has 1 aromatic heterocycles. The molecule has 0 unspecified atom stereocenters. The Morgan fingerprint density at radius 1 is 1.18 bits per heavy atom. The van der Waals surface area contributed by atoms with Gasteiger partial charge in [0.25, 0.3) is 0 Å². The van der Waals surface area contributed by atoms with Gasteiger partial charge < -0.3 is 25.0 Å². The lowest BCUT2D eigenvalue weighted by molar-refractivity contribution is -0.125. The predicted octanol–water partition coefficient (Wildman–Crippen LogP) is 6.55. The smallest absolute Gasteiger partial charge is 0.319 e. The van der Waals surface area contributed by atoms with Crippen LogP contribution < -0.4 is 20.1 Å². The molecule has 8 nitrogen and oxygen atoms in total. The second-order valence-electron chi connectivity index (χ2n) is 9.93. The molecular formula is C30H31ClN4O4. The lowest BCUT2D eigenvalue weighted by atomic mass is 9.96. The number of hydrogen-bond donors (Lipinski definition) is 2. The molecule has 1 fully saturated rings. The second kappa shape index (κ2) is 11.4. The number of aromatic nitrogens is 1. The summed E-state index contributed by atoms with van der Waals surface area (Å²) in [6.45, 7) is 8.67. The maximum Gasteiger partial charge on any atom is 0.319 e. The normalized spacial score (nSPS) is 15.1. The quantitative estimate of drug-likeness (QED) is 0.312. The van der Waals surface area contributed by atoms with E-state index in [1.54, 1.807) is 35.4 Å². The zero-order chi connectivity index (χ0) is 27.5. The molecule has 202 valence electrons. The summed E-state index contributed by atoms with van der Waals surface area (Å²) in [4.78, 5) is 30.5. The number of fused-ring (bicyclic) bond motifs is 1. The standard InChI is InChI=1S/C30H31ClN4O4/c1-4-29(36)35-13-10-19(11-14-35)22-16-23-26(17-28(22)38-18(2)3)32-12-9-27(23)39-21-7-8-25(24(31)15-21)34-30(37)33-20-5-6-20/h4,7-10,12,15-18,20H,1,5-6,11,13-14H2,2-3H3,(H2,33,34,37). The van der Waals surface area contributed by atoms with Crippen molar-refractivity contribution in [3.8, 4) is 17.2 Å². The average Bonchev–Trinajstić information content (AvgIpc) is 3.73. The van der Waals surface area contributed by atoms with E-state index in [0.29, 0.717) is 41.7 Å². The number of ether oxygens (including phenoxy) is 2. The van der Waals surface area contributed by atoms with E-state index in [9.17, 15) is 9.59 Å². The number of nitrogens with zero attached hydrogens (tertiary/aromatic N) is 2. The van der Waals surface area contributed by atoms with Crippen molar-refractivity contribution >= 4 is 45.7 Å². The van der Waals surface area contributed by atoms with Crippen molar-refractivity contribution in [3.63, 3.8) is 0 Å². The highest BCUT2D eigenvalue weighted by molar-refractivity contribution is 6.33. The highest BCUT2D eigenvalue weighted by atomic mass is 35.5. The summed E-state index contributed by atoms with van der Waals surface area (Å²) in [5, 5.41) is 6.85. The molecular weight excluding hydrogens is 516 g/mol. The minimum Gasteiger partial charge on any atom is -0.490 e. The minimum atomic E-state index is -0.269. The number of urea groups is 1. The summed E-state index contributed by atoms with van der Waals surface area (Å²) in [5.41, 5.74) is 3.28. The van der Waals surface area contributed by atoms with Gasteiger partial charge in [0.2, 0.25) is 5.91 Å². The molecule has 2 N–H and O–H groups in total. The molecule has 2 aliphatic rings. The molecule has 1 aliphatic heterocycles. The zero-order valence-corrected chi connectivity index (χ0v) is 22.8. The fraction of sp³-hybridized carbons (Fsp3) is 0.300. The van der Waals surface area contributed by atoms with Crippen LogP contribution in [0, 0.1) is 0 Å². The summed E-state index contributed by atoms with van der Waals surface area (Å²) < 4.78 is 12.4. The fourth-order valence-electron chi connectivity index (χ4n) is 4.44. The van der Waals surface area contributed by atoms with Crippen LogP contribution in [-0.2, 0) is 4.79 Å². The van der Waals surface area contributed by atoms with Crippen molar-refractivity contribution in [1.29, 1.82) is 0 Å². The summed E-state index contributed by atoms with van der Waals surface area (Å²) in [7, 11) is 0. The lowest BCUT2D eigenvalue weighted by Gasteiger charge is -2.27. The van der Waals surface area contributed by atoms with E-state index in [0.717, 1.165) is 40.6 Å². The van der Waals surface area contributed by atoms with Crippen LogP contribution in [-0.4, -0.2) is 47.1 Å². The molecule has 3 amide bonds. The van der Waals surface area contributed by atoms with Crippen LogP contribution in [0.25, 0.3) is 16.5 Å².